The van der Waals surface area contributed by atoms with Gasteiger partial charge in [-0.1, -0.05) is 12.1 Å². The number of phenolic OH excluding ortho intramolecular Hbond substituents is 1. The van der Waals surface area contributed by atoms with E-state index in [0.29, 0.717) is 35.8 Å². The largest absolute Gasteiger partial charge is 0.508 e. The van der Waals surface area contributed by atoms with Crippen LogP contribution in [0, 0.1) is 24.2 Å². The average Bonchev–Trinajstić information content (AvgIpc) is 3.61. The summed E-state index contributed by atoms with van der Waals surface area (Å²) >= 11 is 0. The zero-order valence-corrected chi connectivity index (χ0v) is 20.6. The SMILES string of the molecule is Cc1ccc(C#N)c(NC(=O)C2=C(O)[C@@H]3Oc4c(O)ccc5c4[C@@]34CCN(CC3CC3)[C@H](C5)[C@]4(O)C2)c1. The fraction of sp³-hybridized carbons (Fsp3) is 0.448. The molecule has 2 bridgehead atoms. The van der Waals surface area contributed by atoms with Crippen molar-refractivity contribution in [1.29, 1.82) is 5.26 Å². The number of piperidine rings is 1. The molecule has 2 fully saturated rings. The minimum atomic E-state index is -1.37. The van der Waals surface area contributed by atoms with Crippen LogP contribution in [0.4, 0.5) is 5.69 Å². The molecule has 1 spiro atoms. The topological polar surface area (TPSA) is 126 Å². The van der Waals surface area contributed by atoms with Gasteiger partial charge in [-0.15, -0.1) is 0 Å². The number of aryl methyl sites for hydroxylation is 1. The summed E-state index contributed by atoms with van der Waals surface area (Å²) in [5.74, 6) is 0.121. The Hall–Kier alpha value is -3.54. The van der Waals surface area contributed by atoms with Gasteiger partial charge in [0.15, 0.2) is 17.6 Å². The van der Waals surface area contributed by atoms with Gasteiger partial charge in [0.1, 0.15) is 11.8 Å². The Morgan fingerprint density at radius 2 is 2.08 bits per heavy atom. The molecule has 2 heterocycles. The third-order valence-corrected chi connectivity index (χ3v) is 9.34. The third kappa shape index (κ3) is 2.93. The third-order valence-electron chi connectivity index (χ3n) is 9.34. The van der Waals surface area contributed by atoms with E-state index in [1.165, 1.54) is 12.8 Å². The summed E-state index contributed by atoms with van der Waals surface area (Å²) in [6, 6.07) is 10.5. The van der Waals surface area contributed by atoms with Gasteiger partial charge < -0.3 is 25.4 Å². The summed E-state index contributed by atoms with van der Waals surface area (Å²) in [6.45, 7) is 3.52. The highest BCUT2D eigenvalue weighted by atomic mass is 16.5. The molecule has 8 heteroatoms. The maximum absolute atomic E-state index is 13.6. The molecule has 0 unspecified atom stereocenters. The van der Waals surface area contributed by atoms with Crippen molar-refractivity contribution < 1.29 is 24.9 Å². The lowest BCUT2D eigenvalue weighted by atomic mass is 9.49. The molecule has 2 aromatic rings. The molecule has 5 aliphatic rings. The van der Waals surface area contributed by atoms with Crippen LogP contribution in [0.25, 0.3) is 0 Å². The second-order valence-electron chi connectivity index (χ2n) is 11.4. The molecule has 1 saturated carbocycles. The fourth-order valence-corrected chi connectivity index (χ4v) is 7.42. The number of aromatic hydroxyl groups is 1. The molecule has 0 aromatic heterocycles. The van der Waals surface area contributed by atoms with Crippen molar-refractivity contribution in [2.24, 2.45) is 5.92 Å². The van der Waals surface area contributed by atoms with Gasteiger partial charge in [0.25, 0.3) is 5.91 Å². The monoisotopic (exact) mass is 499 g/mol. The van der Waals surface area contributed by atoms with E-state index in [4.69, 9.17) is 4.74 Å². The number of benzene rings is 2. The Balaban J connectivity index is 1.35. The number of carbonyl (C=O) groups excluding carboxylic acids is 1. The maximum Gasteiger partial charge on any atom is 0.255 e. The number of phenols is 1. The number of likely N-dealkylation sites (tertiary alicyclic amines) is 1. The van der Waals surface area contributed by atoms with Crippen molar-refractivity contribution in [2.75, 3.05) is 18.4 Å². The van der Waals surface area contributed by atoms with E-state index in [9.17, 15) is 25.4 Å². The number of nitriles is 1. The summed E-state index contributed by atoms with van der Waals surface area (Å²) in [5.41, 5.74) is 1.08. The van der Waals surface area contributed by atoms with Gasteiger partial charge in [-0.25, -0.2) is 0 Å². The van der Waals surface area contributed by atoms with Gasteiger partial charge >= 0.3 is 0 Å². The van der Waals surface area contributed by atoms with Crippen molar-refractivity contribution in [2.45, 2.75) is 62.2 Å². The van der Waals surface area contributed by atoms with Gasteiger partial charge in [0.2, 0.25) is 0 Å². The second-order valence-corrected chi connectivity index (χ2v) is 11.4. The predicted molar refractivity (Wildman–Crippen MR) is 134 cm³/mol. The molecule has 7 rings (SSSR count). The van der Waals surface area contributed by atoms with Crippen LogP contribution in [-0.4, -0.2) is 57.0 Å². The zero-order valence-electron chi connectivity index (χ0n) is 20.6. The molecule has 0 radical (unpaired) electrons. The summed E-state index contributed by atoms with van der Waals surface area (Å²) in [5, 5.41) is 47.2. The number of hydrogen-bond acceptors (Lipinski definition) is 7. The number of carbonyl (C=O) groups is 1. The quantitative estimate of drug-likeness (QED) is 0.509. The molecular formula is C29H29N3O5. The lowest BCUT2D eigenvalue weighted by Crippen LogP contribution is -2.75. The van der Waals surface area contributed by atoms with Gasteiger partial charge in [-0.2, -0.15) is 5.26 Å². The van der Waals surface area contributed by atoms with Crippen molar-refractivity contribution >= 4 is 11.6 Å². The number of ether oxygens (including phenoxy) is 1. The molecule has 1 amide bonds. The first-order chi connectivity index (χ1) is 17.8. The van der Waals surface area contributed by atoms with E-state index < -0.39 is 23.0 Å². The predicted octanol–water partition coefficient (Wildman–Crippen LogP) is 3.20. The van der Waals surface area contributed by atoms with Crippen LogP contribution >= 0.6 is 0 Å². The van der Waals surface area contributed by atoms with Gasteiger partial charge in [-0.3, -0.25) is 9.69 Å². The fourth-order valence-electron chi connectivity index (χ4n) is 7.42. The summed E-state index contributed by atoms with van der Waals surface area (Å²) in [7, 11) is 0. The number of hydrogen-bond donors (Lipinski definition) is 4. The Kier molecular flexibility index (Phi) is 4.59. The van der Waals surface area contributed by atoms with Crippen LogP contribution in [0.1, 0.15) is 47.9 Å². The van der Waals surface area contributed by atoms with Crippen LogP contribution in [0.15, 0.2) is 41.7 Å². The molecule has 4 atom stereocenters. The van der Waals surface area contributed by atoms with Gasteiger partial charge in [0, 0.05) is 24.6 Å². The molecular weight excluding hydrogens is 470 g/mol. The number of aliphatic hydroxyl groups excluding tert-OH is 1. The smallest absolute Gasteiger partial charge is 0.255 e. The van der Waals surface area contributed by atoms with Crippen LogP contribution < -0.4 is 10.1 Å². The number of rotatable bonds is 4. The van der Waals surface area contributed by atoms with Gasteiger partial charge in [0.05, 0.1) is 27.8 Å². The van der Waals surface area contributed by atoms with E-state index in [2.05, 4.69) is 16.3 Å². The minimum absolute atomic E-state index is 0.0269. The van der Waals surface area contributed by atoms with Crippen LogP contribution in [0.5, 0.6) is 11.5 Å². The molecule has 37 heavy (non-hydrogen) atoms. The average molecular weight is 500 g/mol. The van der Waals surface area contributed by atoms with Gasteiger partial charge in [-0.05, 0) is 74.4 Å². The van der Waals surface area contributed by atoms with Crippen molar-refractivity contribution in [3.05, 3.63) is 63.9 Å². The van der Waals surface area contributed by atoms with Crippen LogP contribution in [0.2, 0.25) is 0 Å². The normalized spacial score (nSPS) is 31.4. The highest BCUT2D eigenvalue weighted by molar-refractivity contribution is 6.05. The molecule has 4 N–H and O–H groups in total. The lowest BCUT2D eigenvalue weighted by molar-refractivity contribution is -0.172. The Morgan fingerprint density at radius 3 is 2.84 bits per heavy atom. The Morgan fingerprint density at radius 1 is 1.27 bits per heavy atom. The zero-order chi connectivity index (χ0) is 25.7. The summed E-state index contributed by atoms with van der Waals surface area (Å²) in [4.78, 5) is 16.0. The molecule has 8 nitrogen and oxygen atoms in total. The minimum Gasteiger partial charge on any atom is -0.508 e. The molecule has 1 saturated heterocycles. The van der Waals surface area contributed by atoms with E-state index in [-0.39, 0.29) is 29.5 Å². The first-order valence-corrected chi connectivity index (χ1v) is 13.0. The first-order valence-electron chi connectivity index (χ1n) is 13.0. The maximum atomic E-state index is 13.6. The molecule has 2 aliphatic heterocycles. The van der Waals surface area contributed by atoms with E-state index in [0.717, 1.165) is 29.8 Å². The summed E-state index contributed by atoms with van der Waals surface area (Å²) in [6.07, 6.45) is 2.50. The van der Waals surface area contributed by atoms with Crippen molar-refractivity contribution in [3.8, 4) is 17.6 Å². The second kappa shape index (κ2) is 7.50. The number of anilines is 1. The van der Waals surface area contributed by atoms with E-state index in [1.54, 1.807) is 24.3 Å². The highest BCUT2D eigenvalue weighted by Crippen LogP contribution is 2.66. The number of nitrogens with zero attached hydrogens (tertiary/aromatic N) is 2. The number of nitrogens with one attached hydrogen (secondary N) is 1. The van der Waals surface area contributed by atoms with Crippen LogP contribution in [-0.2, 0) is 16.6 Å². The molecule has 2 aromatic carbocycles. The molecule has 3 aliphatic carbocycles. The Bertz CT molecular complexity index is 1440. The van der Waals surface area contributed by atoms with E-state index in [1.807, 2.05) is 13.0 Å². The van der Waals surface area contributed by atoms with Crippen molar-refractivity contribution in [3.63, 3.8) is 0 Å². The molecule has 190 valence electrons. The van der Waals surface area contributed by atoms with E-state index >= 15 is 0 Å². The first kappa shape index (κ1) is 22.6. The summed E-state index contributed by atoms with van der Waals surface area (Å²) < 4.78 is 6.24. The number of amides is 1. The highest BCUT2D eigenvalue weighted by Gasteiger charge is 2.73. The van der Waals surface area contributed by atoms with Crippen molar-refractivity contribution in [1.82, 2.24) is 4.90 Å². The standard InChI is InChI=1S/C29H29N3O5/c1-15-2-5-18(13-30)20(10-15)31-27(35)19-12-29(36)22-11-17-6-7-21(33)25-23(17)28(29,26(37-25)24(19)34)8-9-32(22)14-16-3-4-16/h2,5-7,10,16,22,26,33-34,36H,3-4,8-9,11-12,14H2,1H3,(H,31,35)/t22-,26+,28+,29-/m1/s1. The van der Waals surface area contributed by atoms with Crippen LogP contribution in [0.3, 0.4) is 0 Å². The Labute approximate surface area is 214 Å². The lowest BCUT2D eigenvalue weighted by Gasteiger charge is -2.62. The number of aliphatic hydroxyl groups is 2.